The van der Waals surface area contributed by atoms with Crippen molar-refractivity contribution in [3.8, 4) is 0 Å². The van der Waals surface area contributed by atoms with Crippen molar-refractivity contribution in [2.45, 2.75) is 155 Å². The van der Waals surface area contributed by atoms with Crippen molar-refractivity contribution in [3.63, 3.8) is 0 Å². The normalized spacial score (nSPS) is 13.1. The Kier molecular flexibility index (Phi) is 18.3. The zero-order valence-corrected chi connectivity index (χ0v) is 30.4. The molecule has 37 heavy (non-hydrogen) atoms. The van der Waals surface area contributed by atoms with Crippen LogP contribution in [0.25, 0.3) is 0 Å². The van der Waals surface area contributed by atoms with Gasteiger partial charge in [-0.05, 0) is 69.3 Å². The van der Waals surface area contributed by atoms with Crippen molar-refractivity contribution in [3.05, 3.63) is 12.2 Å². The fraction of sp³-hybridized carbons (Fsp3) is 0.893. The van der Waals surface area contributed by atoms with Crippen molar-refractivity contribution < 1.29 is 17.1 Å². The van der Waals surface area contributed by atoms with Crippen molar-refractivity contribution >= 4 is 39.7 Å². The van der Waals surface area contributed by atoms with Crippen molar-refractivity contribution in [2.24, 2.45) is 0 Å². The molecule has 0 aliphatic heterocycles. The molecule has 0 aromatic heterocycles. The number of carbonyl (C=O) groups excluding carboxylic acids is 1. The Balaban J connectivity index is 6.60. The van der Waals surface area contributed by atoms with Gasteiger partial charge in [0.25, 0.3) is 0 Å². The lowest BCUT2D eigenvalue weighted by molar-refractivity contribution is -0.117. The summed E-state index contributed by atoms with van der Waals surface area (Å²) < 4.78 is 22.5. The molecule has 0 heterocycles. The standard InChI is InChI=1S/C28H63NO4Si4/c1-12-20-34(9,21-13-2)31-37(26-18-19-29-28(30)27(7)8,32-35(10,22-14-3)23-15-4)33-36(11,24-16-5)25-17-6/h7,12-26H2,1-6,8-11H3,(H,29,30). The van der Waals surface area contributed by atoms with Gasteiger partial charge in [0.15, 0.2) is 25.0 Å². The molecule has 0 saturated carbocycles. The predicted molar refractivity (Wildman–Crippen MR) is 172 cm³/mol. The first kappa shape index (κ1) is 37.0. The zero-order chi connectivity index (χ0) is 28.6. The van der Waals surface area contributed by atoms with Crippen molar-refractivity contribution in [2.75, 3.05) is 6.54 Å². The minimum Gasteiger partial charge on any atom is -0.416 e. The van der Waals surface area contributed by atoms with Gasteiger partial charge < -0.3 is 17.7 Å². The van der Waals surface area contributed by atoms with Gasteiger partial charge in [-0.15, -0.1) is 0 Å². The zero-order valence-electron chi connectivity index (χ0n) is 26.4. The van der Waals surface area contributed by atoms with Crippen LogP contribution in [-0.2, 0) is 17.1 Å². The fourth-order valence-corrected chi connectivity index (χ4v) is 27.9. The summed E-state index contributed by atoms with van der Waals surface area (Å²) in [7, 11) is -9.08. The Morgan fingerprint density at radius 3 is 1.16 bits per heavy atom. The molecule has 0 aromatic rings. The largest absolute Gasteiger partial charge is 0.469 e. The summed E-state index contributed by atoms with van der Waals surface area (Å²) in [5, 5.41) is 3.05. The van der Waals surface area contributed by atoms with Gasteiger partial charge >= 0.3 is 8.80 Å². The number of nitrogens with one attached hydrogen (secondary N) is 1. The fourth-order valence-electron chi connectivity index (χ4n) is 5.85. The van der Waals surface area contributed by atoms with Gasteiger partial charge in [-0.2, -0.15) is 0 Å². The Morgan fingerprint density at radius 1 is 0.622 bits per heavy atom. The summed E-state index contributed by atoms with van der Waals surface area (Å²) in [6, 6.07) is 7.68. The van der Waals surface area contributed by atoms with E-state index in [1.54, 1.807) is 6.92 Å². The molecule has 5 nitrogen and oxygen atoms in total. The van der Waals surface area contributed by atoms with E-state index in [1.807, 2.05) is 0 Å². The number of hydrogen-bond acceptors (Lipinski definition) is 4. The molecular weight excluding hydrogens is 527 g/mol. The molecule has 0 radical (unpaired) electrons. The second kappa shape index (κ2) is 18.3. The molecule has 0 rings (SSSR count). The van der Waals surface area contributed by atoms with Gasteiger partial charge in [0.2, 0.25) is 5.91 Å². The van der Waals surface area contributed by atoms with E-state index in [0.29, 0.717) is 12.1 Å². The molecule has 0 unspecified atom stereocenters. The van der Waals surface area contributed by atoms with Crippen LogP contribution in [0.1, 0.15) is 93.4 Å². The summed E-state index contributed by atoms with van der Waals surface area (Å²) in [6.07, 6.45) is 7.65. The van der Waals surface area contributed by atoms with Crippen LogP contribution in [0.5, 0.6) is 0 Å². The van der Waals surface area contributed by atoms with Gasteiger partial charge in [0.05, 0.1) is 0 Å². The lowest BCUT2D eigenvalue weighted by atomic mass is 10.3. The Morgan fingerprint density at radius 2 is 0.919 bits per heavy atom. The van der Waals surface area contributed by atoms with Gasteiger partial charge in [0.1, 0.15) is 0 Å². The van der Waals surface area contributed by atoms with E-state index in [1.165, 1.54) is 0 Å². The maximum Gasteiger partial charge on any atom is 0.469 e. The highest BCUT2D eigenvalue weighted by Gasteiger charge is 2.53. The maximum absolute atomic E-state index is 12.2. The van der Waals surface area contributed by atoms with Gasteiger partial charge in [-0.1, -0.05) is 86.6 Å². The van der Waals surface area contributed by atoms with Crippen molar-refractivity contribution in [1.29, 1.82) is 0 Å². The van der Waals surface area contributed by atoms with Crippen LogP contribution < -0.4 is 5.32 Å². The molecule has 220 valence electrons. The molecular formula is C28H63NO4Si4. The Labute approximate surface area is 235 Å². The second-order valence-electron chi connectivity index (χ2n) is 12.0. The highest BCUT2D eigenvalue weighted by molar-refractivity contribution is 6.91. The lowest BCUT2D eigenvalue weighted by Gasteiger charge is -2.47. The number of hydrogen-bond donors (Lipinski definition) is 1. The van der Waals surface area contributed by atoms with E-state index in [4.69, 9.17) is 12.3 Å². The van der Waals surface area contributed by atoms with E-state index >= 15 is 0 Å². The van der Waals surface area contributed by atoms with Gasteiger partial charge in [-0.3, -0.25) is 4.79 Å². The smallest absolute Gasteiger partial charge is 0.416 e. The minimum atomic E-state index is -3.01. The molecule has 0 saturated heterocycles. The molecule has 0 atom stereocenters. The molecule has 0 aliphatic rings. The summed E-state index contributed by atoms with van der Waals surface area (Å²) in [6.45, 7) is 27.1. The topological polar surface area (TPSA) is 56.8 Å². The Hall–Kier alpha value is -0.0425. The number of rotatable bonds is 23. The summed E-state index contributed by atoms with van der Waals surface area (Å²) >= 11 is 0. The van der Waals surface area contributed by atoms with E-state index in [9.17, 15) is 4.79 Å². The predicted octanol–water partition coefficient (Wildman–Crippen LogP) is 9.24. The Bertz CT molecular complexity index is 584. The molecule has 0 spiro atoms. The molecule has 1 N–H and O–H groups in total. The van der Waals surface area contributed by atoms with Crippen LogP contribution in [-0.4, -0.2) is 46.2 Å². The molecule has 1 amide bonds. The first-order valence-electron chi connectivity index (χ1n) is 15.4. The molecule has 0 aliphatic carbocycles. The minimum absolute atomic E-state index is 0.0708. The summed E-state index contributed by atoms with van der Waals surface area (Å²) in [5.41, 5.74) is 0.551. The third-order valence-electron chi connectivity index (χ3n) is 7.21. The third kappa shape index (κ3) is 14.2. The molecule has 0 aromatic carbocycles. The highest BCUT2D eigenvalue weighted by atomic mass is 28.5. The van der Waals surface area contributed by atoms with E-state index < -0.39 is 33.8 Å². The maximum atomic E-state index is 12.2. The first-order valence-corrected chi connectivity index (χ1v) is 25.8. The number of carbonyl (C=O) groups is 1. The van der Waals surface area contributed by atoms with E-state index in [2.05, 4.69) is 73.1 Å². The summed E-state index contributed by atoms with van der Waals surface area (Å²) in [5.74, 6) is -0.0708. The first-order chi connectivity index (χ1) is 17.3. The molecule has 0 fully saturated rings. The van der Waals surface area contributed by atoms with E-state index in [-0.39, 0.29) is 5.91 Å². The van der Waals surface area contributed by atoms with Crippen LogP contribution in [0.4, 0.5) is 0 Å². The SMILES string of the molecule is C=C(C)C(=O)NCCC[Si](O[Si](C)(CCC)CCC)(O[Si](C)(CCC)CCC)O[Si](C)(CCC)CCC. The lowest BCUT2D eigenvalue weighted by Crippen LogP contribution is -2.63. The van der Waals surface area contributed by atoms with Crippen LogP contribution in [0.15, 0.2) is 12.2 Å². The van der Waals surface area contributed by atoms with Gasteiger partial charge in [-0.25, -0.2) is 0 Å². The monoisotopic (exact) mass is 589 g/mol. The van der Waals surface area contributed by atoms with Crippen LogP contribution >= 0.6 is 0 Å². The van der Waals surface area contributed by atoms with Crippen LogP contribution in [0.2, 0.25) is 61.9 Å². The quantitative estimate of drug-likeness (QED) is 0.0733. The summed E-state index contributed by atoms with van der Waals surface area (Å²) in [4.78, 5) is 12.2. The number of amides is 1. The average Bonchev–Trinajstić information content (AvgIpc) is 2.76. The van der Waals surface area contributed by atoms with Crippen molar-refractivity contribution in [1.82, 2.24) is 5.32 Å². The molecule has 9 heteroatoms. The second-order valence-corrected chi connectivity index (χ2v) is 28.0. The van der Waals surface area contributed by atoms with E-state index in [0.717, 1.165) is 87.3 Å². The molecule has 0 bridgehead atoms. The third-order valence-corrected chi connectivity index (χ3v) is 27.2. The average molecular weight is 590 g/mol. The highest BCUT2D eigenvalue weighted by Crippen LogP contribution is 2.38. The van der Waals surface area contributed by atoms with Crippen LogP contribution in [0, 0.1) is 0 Å². The van der Waals surface area contributed by atoms with Crippen LogP contribution in [0.3, 0.4) is 0 Å². The van der Waals surface area contributed by atoms with Gasteiger partial charge in [0, 0.05) is 18.2 Å².